The molecule has 16 heavy (non-hydrogen) atoms. The van der Waals surface area contributed by atoms with E-state index in [1.165, 1.54) is 18.5 Å². The molecule has 0 atom stereocenters. The minimum absolute atomic E-state index is 0.640. The predicted molar refractivity (Wildman–Crippen MR) is 63.1 cm³/mol. The van der Waals surface area contributed by atoms with Crippen LogP contribution in [0.15, 0.2) is 12.5 Å². The van der Waals surface area contributed by atoms with Crippen LogP contribution in [0, 0.1) is 0 Å². The highest BCUT2D eigenvalue weighted by molar-refractivity contribution is 5.03. The van der Waals surface area contributed by atoms with Crippen LogP contribution in [0.5, 0.6) is 0 Å². The Morgan fingerprint density at radius 2 is 2.25 bits per heavy atom. The number of hydrogen-bond acceptors (Lipinski definition) is 3. The van der Waals surface area contributed by atoms with E-state index in [2.05, 4.69) is 14.5 Å². The fourth-order valence-corrected chi connectivity index (χ4v) is 2.13. The molecule has 1 aromatic rings. The van der Waals surface area contributed by atoms with Crippen molar-refractivity contribution in [3.05, 3.63) is 18.2 Å². The van der Waals surface area contributed by atoms with E-state index in [1.807, 2.05) is 33.4 Å². The van der Waals surface area contributed by atoms with E-state index >= 15 is 0 Å². The molecule has 1 N–H and O–H groups in total. The Morgan fingerprint density at radius 3 is 2.81 bits per heavy atom. The number of aliphatic hydroxyl groups is 1. The van der Waals surface area contributed by atoms with Crippen molar-refractivity contribution in [2.75, 3.05) is 13.6 Å². The number of likely N-dealkylation sites (N-methyl/N-ethyl adjacent to an activating group) is 1. The van der Waals surface area contributed by atoms with E-state index in [1.54, 1.807) is 0 Å². The van der Waals surface area contributed by atoms with Crippen molar-refractivity contribution < 1.29 is 5.11 Å². The lowest BCUT2D eigenvalue weighted by atomic mass is 10.1. The second kappa shape index (κ2) is 4.18. The molecule has 0 amide bonds. The molecule has 1 aliphatic rings. The summed E-state index contributed by atoms with van der Waals surface area (Å²) >= 11 is 0. The molecule has 1 saturated carbocycles. The lowest BCUT2D eigenvalue weighted by molar-refractivity contribution is 0.0418. The van der Waals surface area contributed by atoms with Crippen molar-refractivity contribution in [1.82, 2.24) is 14.5 Å². The number of aromatic nitrogens is 2. The smallest absolute Gasteiger partial charge is 0.0951 e. The molecule has 4 heteroatoms. The zero-order chi connectivity index (χ0) is 11.8. The topological polar surface area (TPSA) is 41.3 Å². The maximum absolute atomic E-state index is 9.74. The summed E-state index contributed by atoms with van der Waals surface area (Å²) in [7, 11) is 2.03. The molecule has 0 aliphatic heterocycles. The Kier molecular flexibility index (Phi) is 3.04. The van der Waals surface area contributed by atoms with Crippen molar-refractivity contribution in [2.24, 2.45) is 0 Å². The van der Waals surface area contributed by atoms with E-state index in [9.17, 15) is 5.11 Å². The molecule has 1 aliphatic carbocycles. The van der Waals surface area contributed by atoms with Gasteiger partial charge in [-0.25, -0.2) is 4.98 Å². The summed E-state index contributed by atoms with van der Waals surface area (Å²) in [5.41, 5.74) is 0.605. The van der Waals surface area contributed by atoms with E-state index in [0.29, 0.717) is 12.6 Å². The van der Waals surface area contributed by atoms with Crippen LogP contribution in [0.3, 0.4) is 0 Å². The molecule has 1 fully saturated rings. The predicted octanol–water partition coefficient (Wildman–Crippen LogP) is 1.42. The average molecular weight is 223 g/mol. The van der Waals surface area contributed by atoms with Gasteiger partial charge < -0.3 is 9.67 Å². The molecule has 90 valence electrons. The molecular weight excluding hydrogens is 202 g/mol. The molecule has 0 bridgehead atoms. The quantitative estimate of drug-likeness (QED) is 0.821. The monoisotopic (exact) mass is 223 g/mol. The molecule has 0 spiro atoms. The van der Waals surface area contributed by atoms with Gasteiger partial charge in [0.15, 0.2) is 0 Å². The normalized spacial score (nSPS) is 17.1. The van der Waals surface area contributed by atoms with Crippen LogP contribution in [0.25, 0.3) is 0 Å². The fourth-order valence-electron chi connectivity index (χ4n) is 2.13. The van der Waals surface area contributed by atoms with E-state index in [4.69, 9.17) is 0 Å². The summed E-state index contributed by atoms with van der Waals surface area (Å²) < 4.78 is 2.26. The van der Waals surface area contributed by atoms with Gasteiger partial charge in [-0.15, -0.1) is 0 Å². The van der Waals surface area contributed by atoms with Crippen molar-refractivity contribution in [2.45, 2.75) is 44.9 Å². The number of imidazole rings is 1. The van der Waals surface area contributed by atoms with Gasteiger partial charge in [0, 0.05) is 25.3 Å². The summed E-state index contributed by atoms with van der Waals surface area (Å²) in [6.07, 6.45) is 6.40. The molecule has 0 unspecified atom stereocenters. The van der Waals surface area contributed by atoms with E-state index in [0.717, 1.165) is 6.54 Å². The lowest BCUT2D eigenvalue weighted by Gasteiger charge is -2.25. The maximum Gasteiger partial charge on any atom is 0.0951 e. The minimum Gasteiger partial charge on any atom is -0.389 e. The van der Waals surface area contributed by atoms with Crippen molar-refractivity contribution in [3.8, 4) is 0 Å². The molecule has 0 radical (unpaired) electrons. The highest BCUT2D eigenvalue weighted by Crippen LogP contribution is 2.35. The van der Waals surface area contributed by atoms with Crippen LogP contribution < -0.4 is 0 Å². The zero-order valence-electron chi connectivity index (χ0n) is 10.3. The van der Waals surface area contributed by atoms with Gasteiger partial charge in [0.1, 0.15) is 0 Å². The van der Waals surface area contributed by atoms with Crippen LogP contribution in [0.2, 0.25) is 0 Å². The Morgan fingerprint density at radius 1 is 1.56 bits per heavy atom. The van der Waals surface area contributed by atoms with Gasteiger partial charge in [0.05, 0.1) is 17.6 Å². The molecule has 1 heterocycles. The maximum atomic E-state index is 9.74. The first-order chi connectivity index (χ1) is 7.46. The van der Waals surface area contributed by atoms with Crippen LogP contribution in [-0.4, -0.2) is 38.8 Å². The first-order valence-corrected chi connectivity index (χ1v) is 5.87. The van der Waals surface area contributed by atoms with Gasteiger partial charge in [-0.2, -0.15) is 0 Å². The highest BCUT2D eigenvalue weighted by Gasteiger charge is 2.25. The standard InChI is InChI=1S/C12H21N3O/c1-12(2,16)8-14(3)7-11-6-13-9-15(11)10-4-5-10/h6,9-10,16H,4-5,7-8H2,1-3H3. The summed E-state index contributed by atoms with van der Waals surface area (Å²) in [4.78, 5) is 6.34. The molecular formula is C12H21N3O. The van der Waals surface area contributed by atoms with Crippen LogP contribution >= 0.6 is 0 Å². The summed E-state index contributed by atoms with van der Waals surface area (Å²) in [5, 5.41) is 9.74. The lowest BCUT2D eigenvalue weighted by Crippen LogP contribution is -2.36. The summed E-state index contributed by atoms with van der Waals surface area (Å²) in [6.45, 7) is 5.19. The second-order valence-corrected chi connectivity index (χ2v) is 5.51. The Labute approximate surface area is 96.9 Å². The van der Waals surface area contributed by atoms with E-state index < -0.39 is 5.60 Å². The third-order valence-electron chi connectivity index (χ3n) is 2.78. The van der Waals surface area contributed by atoms with Crippen molar-refractivity contribution in [3.63, 3.8) is 0 Å². The largest absolute Gasteiger partial charge is 0.389 e. The zero-order valence-corrected chi connectivity index (χ0v) is 10.3. The molecule has 4 nitrogen and oxygen atoms in total. The third kappa shape index (κ3) is 3.06. The van der Waals surface area contributed by atoms with Gasteiger partial charge in [-0.05, 0) is 33.7 Å². The van der Waals surface area contributed by atoms with Gasteiger partial charge in [0.2, 0.25) is 0 Å². The molecule has 2 rings (SSSR count). The number of nitrogens with zero attached hydrogens (tertiary/aromatic N) is 3. The summed E-state index contributed by atoms with van der Waals surface area (Å²) in [6, 6.07) is 0.674. The fraction of sp³-hybridized carbons (Fsp3) is 0.750. The van der Waals surface area contributed by atoms with Crippen LogP contribution in [-0.2, 0) is 6.54 Å². The SMILES string of the molecule is CN(Cc1cncn1C1CC1)CC(C)(C)O. The third-order valence-corrected chi connectivity index (χ3v) is 2.78. The molecule has 1 aromatic heterocycles. The van der Waals surface area contributed by atoms with Crippen LogP contribution in [0.1, 0.15) is 38.4 Å². The van der Waals surface area contributed by atoms with Crippen LogP contribution in [0.4, 0.5) is 0 Å². The number of rotatable bonds is 5. The molecule has 0 aromatic carbocycles. The first kappa shape index (κ1) is 11.6. The van der Waals surface area contributed by atoms with Gasteiger partial charge in [-0.1, -0.05) is 0 Å². The molecule has 0 saturated heterocycles. The second-order valence-electron chi connectivity index (χ2n) is 5.51. The average Bonchev–Trinajstić information content (AvgIpc) is 2.85. The van der Waals surface area contributed by atoms with Crippen molar-refractivity contribution in [1.29, 1.82) is 0 Å². The van der Waals surface area contributed by atoms with E-state index in [-0.39, 0.29) is 0 Å². The Hall–Kier alpha value is -0.870. The Bertz CT molecular complexity index is 349. The van der Waals surface area contributed by atoms with Gasteiger partial charge >= 0.3 is 0 Å². The summed E-state index contributed by atoms with van der Waals surface area (Å²) in [5.74, 6) is 0. The minimum atomic E-state index is -0.640. The van der Waals surface area contributed by atoms with Gasteiger partial charge in [0.25, 0.3) is 0 Å². The highest BCUT2D eigenvalue weighted by atomic mass is 16.3. The van der Waals surface area contributed by atoms with Crippen molar-refractivity contribution >= 4 is 0 Å². The Balaban J connectivity index is 1.95. The number of hydrogen-bond donors (Lipinski definition) is 1. The van der Waals surface area contributed by atoms with Gasteiger partial charge in [-0.3, -0.25) is 4.90 Å². The first-order valence-electron chi connectivity index (χ1n) is 5.87.